The first kappa shape index (κ1) is 19.0. The third-order valence-electron chi connectivity index (χ3n) is 3.74. The van der Waals surface area contributed by atoms with Crippen LogP contribution in [0.25, 0.3) is 0 Å². The van der Waals surface area contributed by atoms with Crippen molar-refractivity contribution in [2.75, 3.05) is 6.54 Å². The Morgan fingerprint density at radius 3 is 2.67 bits per heavy atom. The summed E-state index contributed by atoms with van der Waals surface area (Å²) in [6, 6.07) is 2.92. The fourth-order valence-electron chi connectivity index (χ4n) is 2.42. The number of alkyl halides is 3. The number of amides is 2. The zero-order valence-corrected chi connectivity index (χ0v) is 14.0. The lowest BCUT2D eigenvalue weighted by Crippen LogP contribution is -2.39. The summed E-state index contributed by atoms with van der Waals surface area (Å²) in [5, 5.41) is 9.86. The minimum atomic E-state index is -4.68. The van der Waals surface area contributed by atoms with Crippen LogP contribution in [-0.2, 0) is 15.7 Å². The molecule has 0 saturated carbocycles. The predicted molar refractivity (Wildman–Crippen MR) is 83.3 cm³/mol. The number of nitrogens with one attached hydrogen (secondary N) is 3. The molecule has 1 aliphatic rings. The number of nitrogens with zero attached hydrogens (tertiary/aromatic N) is 1. The van der Waals surface area contributed by atoms with Crippen LogP contribution >= 0.6 is 11.6 Å². The van der Waals surface area contributed by atoms with Crippen LogP contribution in [0.15, 0.2) is 24.3 Å². The molecule has 1 saturated heterocycles. The number of ether oxygens (including phenoxy) is 1. The number of alkyl carbamates (subject to hydrolysis) is 1. The van der Waals surface area contributed by atoms with Gasteiger partial charge in [-0.25, -0.2) is 9.18 Å². The van der Waals surface area contributed by atoms with Crippen molar-refractivity contribution in [3.8, 4) is 0 Å². The Morgan fingerprint density at radius 2 is 2.11 bits per heavy atom. The standard InChI is InChI=1S/C15H11ClF4N4O3/c16-7-3-6(1-2-8(7)17)12(9-4-11(24-23-9)15(18,19)20)22-13(25)10-5-21-14(26)27-10/h1-4,10,12H,5H2,(H,21,26)(H,22,25)(H,23,24)/t10-,12-/m0/s1. The van der Waals surface area contributed by atoms with Gasteiger partial charge in [-0.2, -0.15) is 18.3 Å². The largest absolute Gasteiger partial charge is 0.434 e. The number of hydrogen-bond donors (Lipinski definition) is 3. The number of halogens is 5. The highest BCUT2D eigenvalue weighted by atomic mass is 35.5. The van der Waals surface area contributed by atoms with E-state index in [4.69, 9.17) is 16.3 Å². The van der Waals surface area contributed by atoms with Gasteiger partial charge in [0.15, 0.2) is 6.10 Å². The Balaban J connectivity index is 1.93. The SMILES string of the molecule is O=C1NC[C@@H](C(=O)N[C@@H](c2ccc(F)c(Cl)c2)c2cc(C(F)(F)F)[nH]n2)O1. The maximum Gasteiger partial charge on any atom is 0.432 e. The fourth-order valence-corrected chi connectivity index (χ4v) is 2.61. The van der Waals surface area contributed by atoms with Crippen molar-refractivity contribution in [1.82, 2.24) is 20.8 Å². The van der Waals surface area contributed by atoms with Crippen LogP contribution in [0.2, 0.25) is 5.02 Å². The molecule has 0 bridgehead atoms. The van der Waals surface area contributed by atoms with E-state index in [2.05, 4.69) is 15.7 Å². The first-order valence-electron chi connectivity index (χ1n) is 7.47. The number of benzene rings is 1. The minimum absolute atomic E-state index is 0.101. The molecule has 7 nitrogen and oxygen atoms in total. The highest BCUT2D eigenvalue weighted by Crippen LogP contribution is 2.31. The van der Waals surface area contributed by atoms with Crippen molar-refractivity contribution in [2.24, 2.45) is 0 Å². The molecule has 2 aromatic rings. The van der Waals surface area contributed by atoms with E-state index in [-0.39, 0.29) is 22.8 Å². The van der Waals surface area contributed by atoms with Crippen molar-refractivity contribution in [2.45, 2.75) is 18.3 Å². The molecule has 3 rings (SSSR count). The van der Waals surface area contributed by atoms with Crippen LogP contribution in [0.3, 0.4) is 0 Å². The van der Waals surface area contributed by atoms with Gasteiger partial charge in [0, 0.05) is 0 Å². The van der Waals surface area contributed by atoms with Crippen LogP contribution < -0.4 is 10.6 Å². The van der Waals surface area contributed by atoms with E-state index in [1.54, 1.807) is 0 Å². The molecule has 0 unspecified atom stereocenters. The van der Waals surface area contributed by atoms with Gasteiger partial charge in [0.05, 0.1) is 23.3 Å². The normalized spacial score (nSPS) is 18.0. The summed E-state index contributed by atoms with van der Waals surface area (Å²) >= 11 is 5.73. The first-order valence-corrected chi connectivity index (χ1v) is 7.85. The van der Waals surface area contributed by atoms with Gasteiger partial charge in [-0.3, -0.25) is 9.89 Å². The van der Waals surface area contributed by atoms with E-state index in [9.17, 15) is 27.2 Å². The molecule has 0 spiro atoms. The molecular weight excluding hydrogens is 396 g/mol. The highest BCUT2D eigenvalue weighted by molar-refractivity contribution is 6.30. The molecule has 2 amide bonds. The molecule has 0 aliphatic carbocycles. The van der Waals surface area contributed by atoms with E-state index in [1.165, 1.54) is 6.07 Å². The number of rotatable bonds is 4. The summed E-state index contributed by atoms with van der Waals surface area (Å²) in [5.41, 5.74) is -1.12. The van der Waals surface area contributed by atoms with Crippen molar-refractivity contribution in [1.29, 1.82) is 0 Å². The summed E-state index contributed by atoms with van der Waals surface area (Å²) < 4.78 is 56.7. The first-order chi connectivity index (χ1) is 12.6. The number of carbonyl (C=O) groups is 2. The molecule has 2 heterocycles. The van der Waals surface area contributed by atoms with Gasteiger partial charge in [-0.05, 0) is 23.8 Å². The molecule has 1 aliphatic heterocycles. The zero-order chi connectivity index (χ0) is 19.8. The maximum atomic E-state index is 13.4. The lowest BCUT2D eigenvalue weighted by atomic mass is 10.0. The number of carbonyl (C=O) groups excluding carboxylic acids is 2. The van der Waals surface area contributed by atoms with Crippen LogP contribution in [0, 0.1) is 5.82 Å². The third-order valence-corrected chi connectivity index (χ3v) is 4.03. The lowest BCUT2D eigenvalue weighted by Gasteiger charge is -2.19. The molecule has 12 heteroatoms. The van der Waals surface area contributed by atoms with E-state index in [0.29, 0.717) is 6.07 Å². The lowest BCUT2D eigenvalue weighted by molar-refractivity contribution is -0.141. The number of hydrogen-bond acceptors (Lipinski definition) is 4. The predicted octanol–water partition coefficient (Wildman–Crippen LogP) is 2.53. The minimum Gasteiger partial charge on any atom is -0.434 e. The number of aromatic nitrogens is 2. The Morgan fingerprint density at radius 1 is 1.37 bits per heavy atom. The highest BCUT2D eigenvalue weighted by Gasteiger charge is 2.36. The molecular formula is C15H11ClF4N4O3. The molecule has 1 aromatic heterocycles. The smallest absolute Gasteiger partial charge is 0.432 e. The second-order valence-corrected chi connectivity index (χ2v) is 6.00. The molecule has 27 heavy (non-hydrogen) atoms. The van der Waals surface area contributed by atoms with Gasteiger partial charge in [-0.15, -0.1) is 0 Å². The summed E-state index contributed by atoms with van der Waals surface area (Å²) in [6.45, 7) is -0.101. The average molecular weight is 407 g/mol. The van der Waals surface area contributed by atoms with Crippen molar-refractivity contribution in [3.63, 3.8) is 0 Å². The Labute approximate surface area is 154 Å². The summed E-state index contributed by atoms with van der Waals surface area (Å²) in [7, 11) is 0. The summed E-state index contributed by atoms with van der Waals surface area (Å²) in [5.74, 6) is -1.51. The van der Waals surface area contributed by atoms with Gasteiger partial charge in [0.1, 0.15) is 11.5 Å². The van der Waals surface area contributed by atoms with Gasteiger partial charge in [0.2, 0.25) is 0 Å². The van der Waals surface area contributed by atoms with E-state index in [0.717, 1.165) is 12.1 Å². The van der Waals surface area contributed by atoms with Crippen molar-refractivity contribution >= 4 is 23.6 Å². The van der Waals surface area contributed by atoms with E-state index >= 15 is 0 Å². The number of cyclic esters (lactones) is 1. The quantitative estimate of drug-likeness (QED) is 0.680. The van der Waals surface area contributed by atoms with Crippen LogP contribution in [0.1, 0.15) is 23.0 Å². The molecule has 2 atom stereocenters. The van der Waals surface area contributed by atoms with Crippen molar-refractivity contribution < 1.29 is 31.9 Å². The molecule has 144 valence electrons. The molecule has 3 N–H and O–H groups in total. The topological polar surface area (TPSA) is 96.1 Å². The molecule has 1 fully saturated rings. The van der Waals surface area contributed by atoms with Gasteiger partial charge >= 0.3 is 12.3 Å². The van der Waals surface area contributed by atoms with Crippen LogP contribution in [0.4, 0.5) is 22.4 Å². The van der Waals surface area contributed by atoms with Gasteiger partial charge in [-0.1, -0.05) is 17.7 Å². The van der Waals surface area contributed by atoms with E-state index in [1.807, 2.05) is 5.10 Å². The van der Waals surface area contributed by atoms with Gasteiger partial charge in [0.25, 0.3) is 5.91 Å². The maximum absolute atomic E-state index is 13.4. The fraction of sp³-hybridized carbons (Fsp3) is 0.267. The zero-order valence-electron chi connectivity index (χ0n) is 13.2. The average Bonchev–Trinajstić information content (AvgIpc) is 3.24. The Bertz CT molecular complexity index is 886. The molecule has 0 radical (unpaired) electrons. The Kier molecular flexibility index (Phi) is 4.96. The monoisotopic (exact) mass is 406 g/mol. The second kappa shape index (κ2) is 7.06. The number of H-pyrrole nitrogens is 1. The van der Waals surface area contributed by atoms with Crippen LogP contribution in [-0.4, -0.2) is 34.8 Å². The van der Waals surface area contributed by atoms with Crippen molar-refractivity contribution in [3.05, 3.63) is 52.1 Å². The summed E-state index contributed by atoms with van der Waals surface area (Å²) in [6.07, 6.45) is -6.64. The van der Waals surface area contributed by atoms with Crippen LogP contribution in [0.5, 0.6) is 0 Å². The molecule has 1 aromatic carbocycles. The summed E-state index contributed by atoms with van der Waals surface area (Å²) in [4.78, 5) is 23.4. The Hall–Kier alpha value is -2.82. The second-order valence-electron chi connectivity index (χ2n) is 5.59. The van der Waals surface area contributed by atoms with E-state index < -0.39 is 41.8 Å². The number of aromatic amines is 1. The van der Waals surface area contributed by atoms with Gasteiger partial charge < -0.3 is 15.4 Å². The third kappa shape index (κ3) is 4.13.